The first-order chi connectivity index (χ1) is 9.00. The van der Waals surface area contributed by atoms with Crippen molar-refractivity contribution in [1.29, 1.82) is 0 Å². The van der Waals surface area contributed by atoms with E-state index in [0.717, 1.165) is 5.56 Å². The van der Waals surface area contributed by atoms with Gasteiger partial charge in [0.1, 0.15) is 11.9 Å². The van der Waals surface area contributed by atoms with Crippen molar-refractivity contribution < 1.29 is 9.52 Å². The molecule has 0 aliphatic heterocycles. The molecule has 0 radical (unpaired) electrons. The van der Waals surface area contributed by atoms with Crippen LogP contribution in [0.3, 0.4) is 0 Å². The van der Waals surface area contributed by atoms with Gasteiger partial charge in [0, 0.05) is 0 Å². The van der Waals surface area contributed by atoms with Gasteiger partial charge in [-0.1, -0.05) is 45.9 Å². The van der Waals surface area contributed by atoms with E-state index in [1.54, 1.807) is 12.3 Å². The predicted molar refractivity (Wildman–Crippen MR) is 77.4 cm³/mol. The zero-order chi connectivity index (χ0) is 14.0. The van der Waals surface area contributed by atoms with Gasteiger partial charge in [0.05, 0.1) is 6.26 Å². The molecule has 1 unspecified atom stereocenters. The topological polar surface area (TPSA) is 33.4 Å². The summed E-state index contributed by atoms with van der Waals surface area (Å²) in [7, 11) is 0. The Morgan fingerprint density at radius 2 is 1.68 bits per heavy atom. The third-order valence-electron chi connectivity index (χ3n) is 3.51. The lowest BCUT2D eigenvalue weighted by Crippen LogP contribution is -2.05. The molecular formula is C17H22O2. The smallest absolute Gasteiger partial charge is 0.137 e. The lowest BCUT2D eigenvalue weighted by atomic mass is 9.89. The summed E-state index contributed by atoms with van der Waals surface area (Å²) in [4.78, 5) is 0. The molecule has 0 fully saturated rings. The number of furan rings is 1. The van der Waals surface area contributed by atoms with E-state index in [1.807, 2.05) is 12.1 Å². The van der Waals surface area contributed by atoms with Gasteiger partial charge in [-0.2, -0.15) is 0 Å². The maximum Gasteiger partial charge on any atom is 0.137 e. The monoisotopic (exact) mass is 258 g/mol. The number of rotatable bonds is 4. The summed E-state index contributed by atoms with van der Waals surface area (Å²) in [5.74, 6) is 1.46. The fourth-order valence-corrected chi connectivity index (χ4v) is 2.30. The molecule has 1 atom stereocenters. The fourth-order valence-electron chi connectivity index (χ4n) is 2.30. The Kier molecular flexibility index (Phi) is 4.11. The molecular weight excluding hydrogens is 236 g/mol. The van der Waals surface area contributed by atoms with Gasteiger partial charge >= 0.3 is 0 Å². The van der Waals surface area contributed by atoms with Crippen LogP contribution in [-0.4, -0.2) is 5.11 Å². The van der Waals surface area contributed by atoms with Crippen LogP contribution in [0.25, 0.3) is 0 Å². The number of aliphatic hydroxyl groups excluding tert-OH is 1. The molecule has 19 heavy (non-hydrogen) atoms. The summed E-state index contributed by atoms with van der Waals surface area (Å²) < 4.78 is 5.31. The van der Waals surface area contributed by atoms with Crippen LogP contribution in [0.2, 0.25) is 0 Å². The molecule has 2 aromatic rings. The van der Waals surface area contributed by atoms with Crippen molar-refractivity contribution in [1.82, 2.24) is 0 Å². The molecule has 2 nitrogen and oxygen atoms in total. The van der Waals surface area contributed by atoms with Gasteiger partial charge in [0.25, 0.3) is 0 Å². The van der Waals surface area contributed by atoms with E-state index in [1.165, 1.54) is 11.1 Å². The Bertz CT molecular complexity index is 524. The van der Waals surface area contributed by atoms with E-state index in [0.29, 0.717) is 17.6 Å². The average molecular weight is 258 g/mol. The third kappa shape index (κ3) is 2.90. The van der Waals surface area contributed by atoms with Crippen LogP contribution >= 0.6 is 0 Å². The van der Waals surface area contributed by atoms with Crippen LogP contribution in [0.4, 0.5) is 0 Å². The molecule has 0 amide bonds. The second-order valence-corrected chi connectivity index (χ2v) is 5.62. The summed E-state index contributed by atoms with van der Waals surface area (Å²) in [6.45, 7) is 8.67. The van der Waals surface area contributed by atoms with Gasteiger partial charge < -0.3 is 9.52 Å². The summed E-state index contributed by atoms with van der Waals surface area (Å²) >= 11 is 0. The molecule has 0 spiro atoms. The number of hydrogen-bond acceptors (Lipinski definition) is 2. The van der Waals surface area contributed by atoms with Crippen LogP contribution in [0.1, 0.15) is 68.1 Å². The molecule has 1 aromatic carbocycles. The van der Waals surface area contributed by atoms with E-state index in [-0.39, 0.29) is 0 Å². The molecule has 2 rings (SSSR count). The Hall–Kier alpha value is -1.54. The van der Waals surface area contributed by atoms with E-state index in [4.69, 9.17) is 4.42 Å². The first-order valence-electron chi connectivity index (χ1n) is 6.86. The lowest BCUT2D eigenvalue weighted by Gasteiger charge is -2.19. The van der Waals surface area contributed by atoms with Crippen molar-refractivity contribution in [2.24, 2.45) is 0 Å². The van der Waals surface area contributed by atoms with Gasteiger partial charge in [-0.05, 0) is 40.7 Å². The second-order valence-electron chi connectivity index (χ2n) is 5.62. The van der Waals surface area contributed by atoms with Gasteiger partial charge in [-0.25, -0.2) is 0 Å². The largest absolute Gasteiger partial charge is 0.466 e. The first kappa shape index (κ1) is 13.9. The number of aliphatic hydroxyl groups is 1. The molecule has 1 heterocycles. The summed E-state index contributed by atoms with van der Waals surface area (Å²) in [5, 5.41) is 10.4. The predicted octanol–water partition coefficient (Wildman–Crippen LogP) is 4.61. The molecule has 0 aliphatic carbocycles. The highest BCUT2D eigenvalue weighted by Crippen LogP contribution is 2.32. The van der Waals surface area contributed by atoms with Crippen LogP contribution in [0.15, 0.2) is 41.0 Å². The molecule has 1 N–H and O–H groups in total. The highest BCUT2D eigenvalue weighted by atomic mass is 16.4. The molecule has 1 aromatic heterocycles. The number of benzene rings is 1. The average Bonchev–Trinajstić information content (AvgIpc) is 2.90. The van der Waals surface area contributed by atoms with Gasteiger partial charge in [0.2, 0.25) is 0 Å². The van der Waals surface area contributed by atoms with Crippen LogP contribution < -0.4 is 0 Å². The molecule has 0 aliphatic rings. The summed E-state index contributed by atoms with van der Waals surface area (Å²) in [5.41, 5.74) is 3.43. The van der Waals surface area contributed by atoms with Crippen LogP contribution in [0.5, 0.6) is 0 Å². The Balaban J connectivity index is 2.45. The van der Waals surface area contributed by atoms with E-state index < -0.39 is 6.10 Å². The van der Waals surface area contributed by atoms with Crippen molar-refractivity contribution in [3.63, 3.8) is 0 Å². The zero-order valence-corrected chi connectivity index (χ0v) is 12.1. The second kappa shape index (κ2) is 5.62. The van der Waals surface area contributed by atoms with Crippen molar-refractivity contribution in [2.45, 2.75) is 45.6 Å². The Morgan fingerprint density at radius 3 is 2.21 bits per heavy atom. The highest BCUT2D eigenvalue weighted by molar-refractivity contribution is 5.39. The van der Waals surface area contributed by atoms with Crippen molar-refractivity contribution in [3.8, 4) is 0 Å². The molecule has 0 bridgehead atoms. The maximum atomic E-state index is 10.4. The van der Waals surface area contributed by atoms with E-state index in [9.17, 15) is 5.11 Å². The summed E-state index contributed by atoms with van der Waals surface area (Å²) in [6, 6.07) is 9.94. The molecule has 102 valence electrons. The maximum absolute atomic E-state index is 10.4. The standard InChI is InChI=1S/C17H22O2/c1-11(2)13-7-8-14(15(10-13)12(3)4)17(18)16-6-5-9-19-16/h5-12,17-18H,1-4H3. The first-order valence-corrected chi connectivity index (χ1v) is 6.86. The van der Waals surface area contributed by atoms with Crippen molar-refractivity contribution in [2.75, 3.05) is 0 Å². The molecule has 0 saturated heterocycles. The zero-order valence-electron chi connectivity index (χ0n) is 12.1. The van der Waals surface area contributed by atoms with Gasteiger partial charge in [0.15, 0.2) is 0 Å². The normalized spacial score (nSPS) is 13.2. The van der Waals surface area contributed by atoms with Gasteiger partial charge in [-0.3, -0.25) is 0 Å². The SMILES string of the molecule is CC(C)c1ccc(C(O)c2ccco2)c(C(C)C)c1. The lowest BCUT2D eigenvalue weighted by molar-refractivity contribution is 0.188. The number of hydrogen-bond donors (Lipinski definition) is 1. The molecule has 2 heteroatoms. The fraction of sp³-hybridized carbons (Fsp3) is 0.412. The van der Waals surface area contributed by atoms with Crippen LogP contribution in [0, 0.1) is 0 Å². The molecule has 0 saturated carbocycles. The minimum atomic E-state index is -0.686. The summed E-state index contributed by atoms with van der Waals surface area (Å²) in [6.07, 6.45) is 0.907. The third-order valence-corrected chi connectivity index (χ3v) is 3.51. The van der Waals surface area contributed by atoms with E-state index >= 15 is 0 Å². The minimum absolute atomic E-state index is 0.373. The quantitative estimate of drug-likeness (QED) is 0.868. The van der Waals surface area contributed by atoms with Crippen LogP contribution in [-0.2, 0) is 0 Å². The van der Waals surface area contributed by atoms with E-state index in [2.05, 4.69) is 39.8 Å². The Morgan fingerprint density at radius 1 is 0.947 bits per heavy atom. The minimum Gasteiger partial charge on any atom is -0.466 e. The Labute approximate surface area is 115 Å². The highest BCUT2D eigenvalue weighted by Gasteiger charge is 2.19. The van der Waals surface area contributed by atoms with Crippen molar-refractivity contribution >= 4 is 0 Å². The van der Waals surface area contributed by atoms with Crippen molar-refractivity contribution in [3.05, 3.63) is 59.0 Å². The van der Waals surface area contributed by atoms with Gasteiger partial charge in [-0.15, -0.1) is 0 Å².